The van der Waals surface area contributed by atoms with Gasteiger partial charge in [-0.15, -0.1) is 5.10 Å². The average Bonchev–Trinajstić information content (AvgIpc) is 2.74. The van der Waals surface area contributed by atoms with Gasteiger partial charge in [-0.25, -0.2) is 14.9 Å². The Labute approximate surface area is 118 Å². The molecule has 0 spiro atoms. The number of pyridine rings is 1. The monoisotopic (exact) mass is 294 g/mol. The molecule has 0 fully saturated rings. The number of nitrogens with two attached hydrogens (primary N) is 2. The number of carbonyl (C=O) groups excluding carboxylic acids is 1. The van der Waals surface area contributed by atoms with Crippen molar-refractivity contribution in [1.29, 1.82) is 0 Å². The highest BCUT2D eigenvalue weighted by atomic mass is 32.2. The third-order valence-electron chi connectivity index (χ3n) is 2.54. The molecule has 0 aliphatic heterocycles. The summed E-state index contributed by atoms with van der Waals surface area (Å²) in [6, 6.07) is 1.48. The zero-order chi connectivity index (χ0) is 14.7. The Morgan fingerprint density at radius 2 is 2.30 bits per heavy atom. The van der Waals surface area contributed by atoms with E-state index >= 15 is 0 Å². The Morgan fingerprint density at radius 3 is 2.95 bits per heavy atom. The molecule has 5 N–H and O–H groups in total. The lowest BCUT2D eigenvalue weighted by molar-refractivity contribution is 0.100. The predicted octanol–water partition coefficient (Wildman–Crippen LogP) is 0.209. The number of hydrogen-bond acceptors (Lipinski definition) is 6. The van der Waals surface area contributed by atoms with Gasteiger partial charge in [-0.2, -0.15) is 0 Å². The van der Waals surface area contributed by atoms with E-state index in [1.807, 2.05) is 6.92 Å². The summed E-state index contributed by atoms with van der Waals surface area (Å²) >= 11 is 1.16. The summed E-state index contributed by atoms with van der Waals surface area (Å²) in [4.78, 5) is 26.9. The predicted molar refractivity (Wildman–Crippen MR) is 74.4 cm³/mol. The van der Waals surface area contributed by atoms with Crippen LogP contribution in [0, 0.1) is 0 Å². The summed E-state index contributed by atoms with van der Waals surface area (Å²) in [7, 11) is 0. The van der Waals surface area contributed by atoms with Gasteiger partial charge in [-0.05, 0) is 24.2 Å². The molecule has 0 bridgehead atoms. The minimum absolute atomic E-state index is 0.197. The van der Waals surface area contributed by atoms with Gasteiger partial charge in [0.25, 0.3) is 5.91 Å². The number of aromatic amines is 1. The number of rotatable bonds is 5. The van der Waals surface area contributed by atoms with Crippen molar-refractivity contribution in [2.75, 3.05) is 5.73 Å². The van der Waals surface area contributed by atoms with Crippen LogP contribution in [0.1, 0.15) is 23.7 Å². The molecule has 0 aliphatic rings. The Morgan fingerprint density at radius 1 is 1.55 bits per heavy atom. The highest BCUT2D eigenvalue weighted by Gasteiger charge is 2.13. The fourth-order valence-electron chi connectivity index (χ4n) is 1.61. The number of nitrogens with zero attached hydrogens (tertiary/aromatic N) is 3. The highest BCUT2D eigenvalue weighted by molar-refractivity contribution is 7.99. The molecule has 0 radical (unpaired) electrons. The Hall–Kier alpha value is -2.29. The van der Waals surface area contributed by atoms with Crippen molar-refractivity contribution in [2.45, 2.75) is 30.1 Å². The second-order valence-corrected chi connectivity index (χ2v) is 5.03. The molecule has 1 amide bonds. The first-order chi connectivity index (χ1) is 9.52. The normalized spacial score (nSPS) is 10.7. The SMILES string of the molecule is CCCn1c(Sc2cc(C(N)=O)c(N)cn2)n[nH]c1=O. The maximum Gasteiger partial charge on any atom is 0.343 e. The fraction of sp³-hybridized carbons (Fsp3) is 0.273. The van der Waals surface area contributed by atoms with Crippen LogP contribution in [-0.2, 0) is 6.54 Å². The van der Waals surface area contributed by atoms with Crippen molar-refractivity contribution in [1.82, 2.24) is 19.7 Å². The summed E-state index contributed by atoms with van der Waals surface area (Å²) in [5, 5.41) is 7.28. The second kappa shape index (κ2) is 5.78. The zero-order valence-corrected chi connectivity index (χ0v) is 11.6. The van der Waals surface area contributed by atoms with Crippen LogP contribution in [0.15, 0.2) is 27.2 Å². The largest absolute Gasteiger partial charge is 0.397 e. The number of H-pyrrole nitrogens is 1. The van der Waals surface area contributed by atoms with Gasteiger partial charge in [-0.1, -0.05) is 6.92 Å². The van der Waals surface area contributed by atoms with Crippen LogP contribution < -0.4 is 17.2 Å². The van der Waals surface area contributed by atoms with Gasteiger partial charge < -0.3 is 11.5 Å². The van der Waals surface area contributed by atoms with Crippen LogP contribution in [-0.4, -0.2) is 25.7 Å². The number of amides is 1. The zero-order valence-electron chi connectivity index (χ0n) is 10.8. The van der Waals surface area contributed by atoms with Crippen LogP contribution in [0.5, 0.6) is 0 Å². The topological polar surface area (TPSA) is 133 Å². The van der Waals surface area contributed by atoms with Crippen molar-refractivity contribution in [3.63, 3.8) is 0 Å². The number of nitrogen functional groups attached to an aromatic ring is 1. The van der Waals surface area contributed by atoms with E-state index in [2.05, 4.69) is 15.2 Å². The molecule has 0 unspecified atom stereocenters. The highest BCUT2D eigenvalue weighted by Crippen LogP contribution is 2.25. The molecule has 9 heteroatoms. The lowest BCUT2D eigenvalue weighted by Gasteiger charge is -2.05. The Balaban J connectivity index is 2.33. The van der Waals surface area contributed by atoms with E-state index in [1.165, 1.54) is 16.8 Å². The van der Waals surface area contributed by atoms with Gasteiger partial charge in [0.15, 0.2) is 5.16 Å². The van der Waals surface area contributed by atoms with Crippen LogP contribution in [0.2, 0.25) is 0 Å². The summed E-state index contributed by atoms with van der Waals surface area (Å²) in [5.74, 6) is -0.625. The van der Waals surface area contributed by atoms with Crippen LogP contribution in [0.25, 0.3) is 0 Å². The van der Waals surface area contributed by atoms with Crippen LogP contribution >= 0.6 is 11.8 Å². The first kappa shape index (κ1) is 14.1. The van der Waals surface area contributed by atoms with E-state index in [1.54, 1.807) is 0 Å². The lowest BCUT2D eigenvalue weighted by Crippen LogP contribution is -2.17. The molecule has 2 aromatic rings. The number of carbonyl (C=O) groups is 1. The van der Waals surface area contributed by atoms with E-state index in [4.69, 9.17) is 11.5 Å². The van der Waals surface area contributed by atoms with Crippen LogP contribution in [0.3, 0.4) is 0 Å². The average molecular weight is 294 g/mol. The third-order valence-corrected chi connectivity index (χ3v) is 3.47. The Bertz CT molecular complexity index is 692. The molecule has 20 heavy (non-hydrogen) atoms. The molecular formula is C11H14N6O2S. The van der Waals surface area contributed by atoms with Gasteiger partial charge in [0.1, 0.15) is 5.03 Å². The quantitative estimate of drug-likeness (QED) is 0.722. The van der Waals surface area contributed by atoms with E-state index < -0.39 is 5.91 Å². The molecule has 2 rings (SSSR count). The Kier molecular flexibility index (Phi) is 4.08. The minimum Gasteiger partial charge on any atom is -0.397 e. The molecule has 0 aliphatic carbocycles. The molecule has 0 saturated carbocycles. The molecule has 106 valence electrons. The summed E-state index contributed by atoms with van der Waals surface area (Å²) in [6.07, 6.45) is 2.16. The maximum absolute atomic E-state index is 11.6. The second-order valence-electron chi connectivity index (χ2n) is 4.04. The summed E-state index contributed by atoms with van der Waals surface area (Å²) in [5.41, 5.74) is 11.0. The first-order valence-corrected chi connectivity index (χ1v) is 6.73. The van der Waals surface area contributed by atoms with Gasteiger partial charge >= 0.3 is 5.69 Å². The first-order valence-electron chi connectivity index (χ1n) is 5.91. The third kappa shape index (κ3) is 2.82. The summed E-state index contributed by atoms with van der Waals surface area (Å²) < 4.78 is 1.51. The number of anilines is 1. The fourth-order valence-corrected chi connectivity index (χ4v) is 2.46. The summed E-state index contributed by atoms with van der Waals surface area (Å²) in [6.45, 7) is 2.51. The molecular weight excluding hydrogens is 280 g/mol. The number of hydrogen-bond donors (Lipinski definition) is 3. The number of aromatic nitrogens is 4. The number of nitrogens with one attached hydrogen (secondary N) is 1. The molecule has 0 atom stereocenters. The lowest BCUT2D eigenvalue weighted by atomic mass is 10.2. The van der Waals surface area contributed by atoms with Crippen molar-refractivity contribution in [3.8, 4) is 0 Å². The molecule has 0 aromatic carbocycles. The number of primary amides is 1. The van der Waals surface area contributed by atoms with E-state index in [9.17, 15) is 9.59 Å². The maximum atomic E-state index is 11.6. The van der Waals surface area contributed by atoms with Crippen LogP contribution in [0.4, 0.5) is 5.69 Å². The standard InChI is InChI=1S/C11H14N6O2S/c1-2-3-17-10(19)15-16-11(17)20-8-4-6(9(13)18)7(12)5-14-8/h4-5H,2-3,12H2,1H3,(H2,13,18)(H,15,19). The smallest absolute Gasteiger partial charge is 0.343 e. The molecule has 2 aromatic heterocycles. The van der Waals surface area contributed by atoms with Gasteiger partial charge in [0.2, 0.25) is 0 Å². The molecule has 0 saturated heterocycles. The van der Waals surface area contributed by atoms with Crippen molar-refractivity contribution in [3.05, 3.63) is 28.3 Å². The van der Waals surface area contributed by atoms with Crippen molar-refractivity contribution >= 4 is 23.4 Å². The van der Waals surface area contributed by atoms with Gasteiger partial charge in [-0.3, -0.25) is 9.36 Å². The van der Waals surface area contributed by atoms with E-state index in [0.717, 1.165) is 18.2 Å². The molecule has 8 nitrogen and oxygen atoms in total. The molecule has 2 heterocycles. The van der Waals surface area contributed by atoms with Crippen molar-refractivity contribution in [2.24, 2.45) is 5.73 Å². The van der Waals surface area contributed by atoms with E-state index in [-0.39, 0.29) is 16.9 Å². The minimum atomic E-state index is -0.625. The van der Waals surface area contributed by atoms with E-state index in [0.29, 0.717) is 16.7 Å². The van der Waals surface area contributed by atoms with Crippen molar-refractivity contribution < 1.29 is 4.79 Å². The van der Waals surface area contributed by atoms with Gasteiger partial charge in [0.05, 0.1) is 17.4 Å². The van der Waals surface area contributed by atoms with Gasteiger partial charge in [0, 0.05) is 6.54 Å².